The Labute approximate surface area is 87.6 Å². The third-order valence-corrected chi connectivity index (χ3v) is 2.70. The van der Waals surface area contributed by atoms with Gasteiger partial charge in [0, 0.05) is 11.6 Å². The number of nitrogens with two attached hydrogens (primary N) is 1. The lowest BCUT2D eigenvalue weighted by Gasteiger charge is -2.18. The summed E-state index contributed by atoms with van der Waals surface area (Å²) < 4.78 is 26.5. The highest BCUT2D eigenvalue weighted by Crippen LogP contribution is 2.28. The van der Waals surface area contributed by atoms with Crippen molar-refractivity contribution in [1.82, 2.24) is 0 Å². The summed E-state index contributed by atoms with van der Waals surface area (Å²) in [6.45, 7) is 0. The molecule has 1 aromatic carbocycles. The Hall–Kier alpha value is -1.22. The topological polar surface area (TPSA) is 26.0 Å². The smallest absolute Gasteiger partial charge is 0.166 e. The van der Waals surface area contributed by atoms with Gasteiger partial charge in [0.15, 0.2) is 11.6 Å². The van der Waals surface area contributed by atoms with Crippen molar-refractivity contribution < 1.29 is 8.78 Å². The highest BCUT2D eigenvalue weighted by atomic mass is 19.2. The van der Waals surface area contributed by atoms with E-state index in [0.29, 0.717) is 5.56 Å². The summed E-state index contributed by atoms with van der Waals surface area (Å²) in [6.07, 6.45) is 4.46. The van der Waals surface area contributed by atoms with Gasteiger partial charge in [-0.25, -0.2) is 8.78 Å². The molecular weight excluding hydrogens is 196 g/mol. The molecule has 1 aromatic rings. The van der Waals surface area contributed by atoms with Crippen LogP contribution in [0.15, 0.2) is 24.3 Å². The average Bonchev–Trinajstić information content (AvgIpc) is 2.22. The Bertz CT molecular complexity index is 399. The standard InChI is InChI=1S/C12H13F2N/c13-11-6-2-5-10(12(11)14)8-3-1-4-9(15)7-8/h2,5-7,9H,1,3-4,15H2. The van der Waals surface area contributed by atoms with Crippen LogP contribution in [0.25, 0.3) is 5.57 Å². The maximum atomic E-state index is 13.5. The number of benzene rings is 1. The summed E-state index contributed by atoms with van der Waals surface area (Å²) in [5.41, 5.74) is 6.93. The van der Waals surface area contributed by atoms with E-state index in [4.69, 9.17) is 5.73 Å². The van der Waals surface area contributed by atoms with Crippen molar-refractivity contribution in [2.24, 2.45) is 5.73 Å². The van der Waals surface area contributed by atoms with Gasteiger partial charge in [-0.15, -0.1) is 0 Å². The van der Waals surface area contributed by atoms with Crippen LogP contribution in [0, 0.1) is 11.6 Å². The second-order valence-corrected chi connectivity index (χ2v) is 3.85. The first-order chi connectivity index (χ1) is 7.18. The second kappa shape index (κ2) is 4.11. The molecule has 2 rings (SSSR count). The number of halogens is 2. The highest BCUT2D eigenvalue weighted by molar-refractivity contribution is 5.67. The Morgan fingerprint density at radius 3 is 2.80 bits per heavy atom. The quantitative estimate of drug-likeness (QED) is 0.756. The monoisotopic (exact) mass is 209 g/mol. The van der Waals surface area contributed by atoms with E-state index in [-0.39, 0.29) is 6.04 Å². The molecule has 0 saturated carbocycles. The second-order valence-electron chi connectivity index (χ2n) is 3.85. The molecule has 3 heteroatoms. The van der Waals surface area contributed by atoms with Crippen LogP contribution in [-0.2, 0) is 0 Å². The fraction of sp³-hybridized carbons (Fsp3) is 0.333. The number of hydrogen-bond acceptors (Lipinski definition) is 1. The van der Waals surface area contributed by atoms with Crippen LogP contribution in [0.5, 0.6) is 0 Å². The summed E-state index contributed by atoms with van der Waals surface area (Å²) in [6, 6.07) is 4.22. The number of rotatable bonds is 1. The van der Waals surface area contributed by atoms with Crippen molar-refractivity contribution >= 4 is 5.57 Å². The summed E-state index contributed by atoms with van der Waals surface area (Å²) in [4.78, 5) is 0. The molecule has 0 heterocycles. The third-order valence-electron chi connectivity index (χ3n) is 2.70. The van der Waals surface area contributed by atoms with Gasteiger partial charge in [0.25, 0.3) is 0 Å². The minimum atomic E-state index is -0.799. The highest BCUT2D eigenvalue weighted by Gasteiger charge is 2.16. The zero-order valence-electron chi connectivity index (χ0n) is 8.34. The summed E-state index contributed by atoms with van der Waals surface area (Å²) in [7, 11) is 0. The lowest BCUT2D eigenvalue weighted by molar-refractivity contribution is 0.505. The molecule has 2 N–H and O–H groups in total. The maximum absolute atomic E-state index is 13.5. The Morgan fingerprint density at radius 2 is 2.07 bits per heavy atom. The van der Waals surface area contributed by atoms with E-state index in [9.17, 15) is 8.78 Å². The lowest BCUT2D eigenvalue weighted by atomic mass is 9.91. The molecular formula is C12H13F2N. The number of allylic oxidation sites excluding steroid dienone is 1. The molecule has 1 unspecified atom stereocenters. The number of hydrogen-bond donors (Lipinski definition) is 1. The van der Waals surface area contributed by atoms with Crippen molar-refractivity contribution in [3.8, 4) is 0 Å². The molecule has 0 radical (unpaired) electrons. The van der Waals surface area contributed by atoms with Gasteiger partial charge in [-0.1, -0.05) is 18.2 Å². The molecule has 0 aromatic heterocycles. The molecule has 15 heavy (non-hydrogen) atoms. The summed E-state index contributed by atoms with van der Waals surface area (Å²) >= 11 is 0. The van der Waals surface area contributed by atoms with Gasteiger partial charge in [-0.3, -0.25) is 0 Å². The van der Waals surface area contributed by atoms with Gasteiger partial charge in [-0.2, -0.15) is 0 Å². The van der Waals surface area contributed by atoms with Crippen molar-refractivity contribution in [1.29, 1.82) is 0 Å². The van der Waals surface area contributed by atoms with Gasteiger partial charge in [0.1, 0.15) is 0 Å². The van der Waals surface area contributed by atoms with Crippen LogP contribution in [0.1, 0.15) is 24.8 Å². The Morgan fingerprint density at radius 1 is 1.27 bits per heavy atom. The molecule has 0 aliphatic heterocycles. The van der Waals surface area contributed by atoms with Crippen molar-refractivity contribution in [3.05, 3.63) is 41.5 Å². The third kappa shape index (κ3) is 2.07. The molecule has 0 fully saturated rings. The molecule has 0 spiro atoms. The minimum Gasteiger partial charge on any atom is -0.324 e. The first-order valence-corrected chi connectivity index (χ1v) is 5.09. The fourth-order valence-electron chi connectivity index (χ4n) is 1.93. The Balaban J connectivity index is 2.41. The fourth-order valence-corrected chi connectivity index (χ4v) is 1.93. The molecule has 1 aliphatic rings. The van der Waals surface area contributed by atoms with Crippen LogP contribution in [0.3, 0.4) is 0 Å². The normalized spacial score (nSPS) is 21.3. The van der Waals surface area contributed by atoms with Gasteiger partial charge in [0.2, 0.25) is 0 Å². The van der Waals surface area contributed by atoms with E-state index in [0.717, 1.165) is 30.9 Å². The minimum absolute atomic E-state index is 0.0311. The average molecular weight is 209 g/mol. The predicted molar refractivity (Wildman–Crippen MR) is 56.2 cm³/mol. The van der Waals surface area contributed by atoms with E-state index in [1.54, 1.807) is 6.07 Å². The Kier molecular flexibility index (Phi) is 2.82. The molecule has 0 saturated heterocycles. The summed E-state index contributed by atoms with van der Waals surface area (Å²) in [5, 5.41) is 0. The zero-order chi connectivity index (χ0) is 10.8. The van der Waals surface area contributed by atoms with Crippen LogP contribution in [0.2, 0.25) is 0 Å². The van der Waals surface area contributed by atoms with Gasteiger partial charge < -0.3 is 5.73 Å². The van der Waals surface area contributed by atoms with Gasteiger partial charge >= 0.3 is 0 Å². The van der Waals surface area contributed by atoms with Crippen molar-refractivity contribution in [3.63, 3.8) is 0 Å². The van der Waals surface area contributed by atoms with Crippen LogP contribution in [-0.4, -0.2) is 6.04 Å². The maximum Gasteiger partial charge on any atom is 0.166 e. The van der Waals surface area contributed by atoms with Crippen LogP contribution in [0.4, 0.5) is 8.78 Å². The molecule has 1 atom stereocenters. The molecule has 1 aliphatic carbocycles. The molecule has 0 bridgehead atoms. The zero-order valence-corrected chi connectivity index (χ0v) is 8.34. The SMILES string of the molecule is NC1C=C(c2cccc(F)c2F)CCC1. The van der Waals surface area contributed by atoms with Crippen LogP contribution < -0.4 is 5.73 Å². The van der Waals surface area contributed by atoms with Crippen LogP contribution >= 0.6 is 0 Å². The lowest BCUT2D eigenvalue weighted by Crippen LogP contribution is -2.20. The van der Waals surface area contributed by atoms with E-state index >= 15 is 0 Å². The van der Waals surface area contributed by atoms with Crippen molar-refractivity contribution in [2.75, 3.05) is 0 Å². The van der Waals surface area contributed by atoms with Gasteiger partial charge in [-0.05, 0) is 30.9 Å². The van der Waals surface area contributed by atoms with Gasteiger partial charge in [0.05, 0.1) is 0 Å². The molecule has 0 amide bonds. The first-order valence-electron chi connectivity index (χ1n) is 5.09. The summed E-state index contributed by atoms with van der Waals surface area (Å²) in [5.74, 6) is -1.56. The first kappa shape index (κ1) is 10.3. The molecule has 80 valence electrons. The van der Waals surface area contributed by atoms with Crippen molar-refractivity contribution in [2.45, 2.75) is 25.3 Å². The predicted octanol–water partition coefficient (Wildman–Crippen LogP) is 2.86. The van der Waals surface area contributed by atoms with E-state index in [1.807, 2.05) is 6.08 Å². The van der Waals surface area contributed by atoms with E-state index in [2.05, 4.69) is 0 Å². The van der Waals surface area contributed by atoms with E-state index < -0.39 is 11.6 Å². The van der Waals surface area contributed by atoms with E-state index in [1.165, 1.54) is 6.07 Å². The molecule has 1 nitrogen and oxygen atoms in total. The largest absolute Gasteiger partial charge is 0.324 e.